The predicted molar refractivity (Wildman–Crippen MR) is 132 cm³/mol. The van der Waals surface area contributed by atoms with Gasteiger partial charge in [0.2, 0.25) is 0 Å². The zero-order chi connectivity index (χ0) is 26.7. The molecule has 1 saturated heterocycles. The summed E-state index contributed by atoms with van der Waals surface area (Å²) < 4.78 is 57.7. The number of rotatable bonds is 6. The fourth-order valence-electron chi connectivity index (χ4n) is 5.50. The lowest BCUT2D eigenvalue weighted by molar-refractivity contribution is -0.170. The number of hydrogen-bond donors (Lipinski definition) is 2. The second-order valence-electron chi connectivity index (χ2n) is 10.5. The molecule has 0 amide bonds. The molecule has 10 heteroatoms. The molecule has 0 aliphatic carbocycles. The summed E-state index contributed by atoms with van der Waals surface area (Å²) in [6.07, 6.45) is 2.15. The lowest BCUT2D eigenvalue weighted by atomic mass is 9.79. The number of fused-ring (bicyclic) bond motifs is 2. The zero-order valence-corrected chi connectivity index (χ0v) is 21.0. The molecule has 2 aromatic carbocycles. The minimum atomic E-state index is -1.34. The van der Waals surface area contributed by atoms with Gasteiger partial charge in [0, 0.05) is 46.7 Å². The van der Waals surface area contributed by atoms with Crippen LogP contribution in [0.25, 0.3) is 27.5 Å². The van der Waals surface area contributed by atoms with Gasteiger partial charge in [-0.1, -0.05) is 13.8 Å². The number of aromatic amines is 1. The summed E-state index contributed by atoms with van der Waals surface area (Å²) >= 11 is 0. The first-order chi connectivity index (χ1) is 17.5. The number of carboxylic acid groups (broad SMARTS) is 1. The van der Waals surface area contributed by atoms with Crippen LogP contribution in [0, 0.1) is 17.5 Å². The summed E-state index contributed by atoms with van der Waals surface area (Å²) in [5.41, 5.74) is 0.235. The largest absolute Gasteiger partial charge is 0.479 e. The number of H-pyrrole nitrogens is 1. The molecular weight excluding hydrogens is 487 g/mol. The zero-order valence-electron chi connectivity index (χ0n) is 21.0. The van der Waals surface area contributed by atoms with E-state index in [9.17, 15) is 18.7 Å². The highest BCUT2D eigenvalue weighted by atomic mass is 19.2. The van der Waals surface area contributed by atoms with Crippen LogP contribution >= 0.6 is 0 Å². The number of ether oxygens (including phenoxy) is 2. The summed E-state index contributed by atoms with van der Waals surface area (Å²) in [5.74, 6) is -3.96. The number of hydrogen-bond acceptors (Lipinski definition) is 4. The lowest BCUT2D eigenvalue weighted by Gasteiger charge is -2.36. The van der Waals surface area contributed by atoms with E-state index in [2.05, 4.69) is 10.2 Å². The molecule has 0 radical (unpaired) electrons. The molecule has 2 aromatic heterocycles. The molecule has 196 valence electrons. The van der Waals surface area contributed by atoms with E-state index >= 15 is 4.39 Å². The van der Waals surface area contributed by atoms with Crippen molar-refractivity contribution < 1.29 is 32.5 Å². The van der Waals surface area contributed by atoms with Crippen LogP contribution in [0.2, 0.25) is 0 Å². The van der Waals surface area contributed by atoms with Crippen LogP contribution in [0.3, 0.4) is 0 Å². The van der Waals surface area contributed by atoms with Crippen LogP contribution in [0.5, 0.6) is 0 Å². The van der Waals surface area contributed by atoms with Crippen molar-refractivity contribution in [2.75, 3.05) is 20.3 Å². The van der Waals surface area contributed by atoms with Gasteiger partial charge in [-0.15, -0.1) is 0 Å². The van der Waals surface area contributed by atoms with Crippen molar-refractivity contribution in [1.82, 2.24) is 14.8 Å². The number of carboxylic acids is 1. The van der Waals surface area contributed by atoms with Gasteiger partial charge in [-0.2, -0.15) is 5.10 Å². The Morgan fingerprint density at radius 1 is 1.30 bits per heavy atom. The quantitative estimate of drug-likeness (QED) is 0.350. The standard InChI is InChI=1S/C27H28F3N3O4/c1-26(2,13-36-4)24-20(14-7-8-27(3,25(34)35)37-12-14)21-19(9-15-11-31-32-23(15)22(21)30)33(24)16-5-6-17(28)18(29)10-16/h5-6,9-11,14H,7-8,12-13H2,1-4H3,(H,31,32)(H,34,35)/t14-,27+/m0/s1. The Balaban J connectivity index is 1.87. The van der Waals surface area contributed by atoms with E-state index in [1.54, 1.807) is 17.7 Å². The Morgan fingerprint density at radius 3 is 2.68 bits per heavy atom. The van der Waals surface area contributed by atoms with E-state index in [4.69, 9.17) is 9.47 Å². The second kappa shape index (κ2) is 8.88. The van der Waals surface area contributed by atoms with E-state index < -0.39 is 34.4 Å². The summed E-state index contributed by atoms with van der Waals surface area (Å²) in [6, 6.07) is 5.34. The van der Waals surface area contributed by atoms with Crippen molar-refractivity contribution in [3.8, 4) is 5.69 Å². The van der Waals surface area contributed by atoms with Gasteiger partial charge in [-0.05, 0) is 43.5 Å². The molecule has 7 nitrogen and oxygen atoms in total. The van der Waals surface area contributed by atoms with E-state index in [1.807, 2.05) is 13.8 Å². The second-order valence-corrected chi connectivity index (χ2v) is 10.5. The first-order valence-electron chi connectivity index (χ1n) is 12.0. The van der Waals surface area contributed by atoms with Gasteiger partial charge in [0.1, 0.15) is 5.52 Å². The maximum atomic E-state index is 16.2. The van der Waals surface area contributed by atoms with Crippen molar-refractivity contribution in [3.05, 3.63) is 59.2 Å². The van der Waals surface area contributed by atoms with Gasteiger partial charge in [0.25, 0.3) is 0 Å². The average molecular weight is 516 g/mol. The highest BCUT2D eigenvalue weighted by Crippen LogP contribution is 2.47. The molecule has 37 heavy (non-hydrogen) atoms. The summed E-state index contributed by atoms with van der Waals surface area (Å²) in [5, 5.41) is 17.1. The van der Waals surface area contributed by atoms with Crippen LogP contribution in [0.4, 0.5) is 13.2 Å². The third kappa shape index (κ3) is 3.99. The Bertz CT molecular complexity index is 1520. The third-order valence-corrected chi connectivity index (χ3v) is 7.39. The Labute approximate surface area is 211 Å². The number of benzene rings is 2. The minimum Gasteiger partial charge on any atom is -0.479 e. The minimum absolute atomic E-state index is 0.0518. The van der Waals surface area contributed by atoms with E-state index in [-0.39, 0.29) is 31.1 Å². The first kappa shape index (κ1) is 25.3. The van der Waals surface area contributed by atoms with Gasteiger partial charge in [0.15, 0.2) is 23.1 Å². The van der Waals surface area contributed by atoms with Gasteiger partial charge in [0.05, 0.1) is 24.9 Å². The Hall–Kier alpha value is -3.37. The monoisotopic (exact) mass is 515 g/mol. The first-order valence-corrected chi connectivity index (χ1v) is 12.0. The number of aromatic nitrogens is 3. The van der Waals surface area contributed by atoms with Crippen LogP contribution < -0.4 is 0 Å². The fourth-order valence-corrected chi connectivity index (χ4v) is 5.50. The number of methoxy groups -OCH3 is 1. The van der Waals surface area contributed by atoms with Crippen LogP contribution in [0.15, 0.2) is 30.5 Å². The molecule has 0 unspecified atom stereocenters. The van der Waals surface area contributed by atoms with Crippen LogP contribution in [-0.4, -0.2) is 51.8 Å². The smallest absolute Gasteiger partial charge is 0.335 e. The molecule has 3 heterocycles. The molecule has 1 fully saturated rings. The molecule has 4 aromatic rings. The fraction of sp³-hybridized carbons (Fsp3) is 0.407. The van der Waals surface area contributed by atoms with Crippen molar-refractivity contribution in [1.29, 1.82) is 0 Å². The van der Waals surface area contributed by atoms with Crippen molar-refractivity contribution in [2.45, 2.75) is 50.5 Å². The molecule has 5 rings (SSSR count). The number of aliphatic carboxylic acids is 1. The van der Waals surface area contributed by atoms with Crippen molar-refractivity contribution in [2.24, 2.45) is 0 Å². The molecule has 0 saturated carbocycles. The third-order valence-electron chi connectivity index (χ3n) is 7.39. The van der Waals surface area contributed by atoms with Gasteiger partial charge < -0.3 is 19.1 Å². The molecular formula is C27H28F3N3O4. The van der Waals surface area contributed by atoms with Crippen molar-refractivity contribution in [3.63, 3.8) is 0 Å². The Morgan fingerprint density at radius 2 is 2.05 bits per heavy atom. The van der Waals surface area contributed by atoms with Crippen LogP contribution in [-0.2, 0) is 19.7 Å². The number of nitrogens with one attached hydrogen (secondary N) is 1. The number of nitrogens with zero attached hydrogens (tertiary/aromatic N) is 2. The van der Waals surface area contributed by atoms with Gasteiger partial charge >= 0.3 is 5.97 Å². The van der Waals surface area contributed by atoms with E-state index in [0.717, 1.165) is 12.1 Å². The Kier molecular flexibility index (Phi) is 6.07. The van der Waals surface area contributed by atoms with E-state index in [1.165, 1.54) is 19.2 Å². The molecule has 0 bridgehead atoms. The number of carbonyl (C=O) groups is 1. The highest BCUT2D eigenvalue weighted by molar-refractivity contribution is 6.00. The maximum Gasteiger partial charge on any atom is 0.335 e. The maximum absolute atomic E-state index is 16.2. The molecule has 2 N–H and O–H groups in total. The summed E-state index contributed by atoms with van der Waals surface area (Å²) in [4.78, 5) is 11.8. The van der Waals surface area contributed by atoms with Gasteiger partial charge in [-0.25, -0.2) is 18.0 Å². The average Bonchev–Trinajstić information content (AvgIpc) is 3.45. The number of halogens is 3. The SMILES string of the molecule is COCC(C)(C)c1c([C@H]2CC[C@](C)(C(=O)O)OC2)c2c(F)c3[nH]ncc3cc2n1-c1ccc(F)c(F)c1. The molecule has 1 aliphatic heterocycles. The normalized spacial score (nSPS) is 20.7. The lowest BCUT2D eigenvalue weighted by Crippen LogP contribution is -2.43. The molecule has 2 atom stereocenters. The van der Waals surface area contributed by atoms with Crippen LogP contribution in [0.1, 0.15) is 50.8 Å². The van der Waals surface area contributed by atoms with Gasteiger partial charge in [-0.3, -0.25) is 5.10 Å². The summed E-state index contributed by atoms with van der Waals surface area (Å²) in [7, 11) is 1.56. The predicted octanol–water partition coefficient (Wildman–Crippen LogP) is 5.59. The molecule has 1 aliphatic rings. The van der Waals surface area contributed by atoms with Crippen molar-refractivity contribution >= 4 is 27.8 Å². The molecule has 0 spiro atoms. The highest BCUT2D eigenvalue weighted by Gasteiger charge is 2.43. The summed E-state index contributed by atoms with van der Waals surface area (Å²) in [6.45, 7) is 5.69. The van der Waals surface area contributed by atoms with E-state index in [0.29, 0.717) is 39.7 Å². The topological polar surface area (TPSA) is 89.4 Å².